The Labute approximate surface area is 172 Å². The third-order valence-electron chi connectivity index (χ3n) is 4.92. The summed E-state index contributed by atoms with van der Waals surface area (Å²) in [5, 5.41) is 13.0. The van der Waals surface area contributed by atoms with Crippen LogP contribution in [0.1, 0.15) is 48.9 Å². The van der Waals surface area contributed by atoms with Gasteiger partial charge in [0.15, 0.2) is 5.76 Å². The van der Waals surface area contributed by atoms with Gasteiger partial charge in [0.2, 0.25) is 0 Å². The van der Waals surface area contributed by atoms with E-state index in [0.29, 0.717) is 16.4 Å². The minimum atomic E-state index is -0.306. The molecule has 2 aromatic heterocycles. The number of benzene rings is 1. The summed E-state index contributed by atoms with van der Waals surface area (Å²) < 4.78 is 19.2. The zero-order valence-corrected chi connectivity index (χ0v) is 17.2. The molecule has 6 nitrogen and oxygen atoms in total. The monoisotopic (exact) mass is 414 g/mol. The van der Waals surface area contributed by atoms with Gasteiger partial charge in [-0.05, 0) is 64.0 Å². The second kappa shape index (κ2) is 8.42. The number of halogens is 1. The van der Waals surface area contributed by atoms with Crippen LogP contribution < -0.4 is 10.6 Å². The first-order chi connectivity index (χ1) is 14.0. The molecule has 3 heterocycles. The van der Waals surface area contributed by atoms with Gasteiger partial charge in [-0.25, -0.2) is 9.37 Å². The first-order valence-corrected chi connectivity index (χ1v) is 10.6. The Balaban J connectivity index is 1.77. The quantitative estimate of drug-likeness (QED) is 0.654. The summed E-state index contributed by atoms with van der Waals surface area (Å²) in [4.78, 5) is 16.9. The van der Waals surface area contributed by atoms with Crippen molar-refractivity contribution in [2.45, 2.75) is 38.6 Å². The van der Waals surface area contributed by atoms with Crippen LogP contribution in [-0.2, 0) is 0 Å². The van der Waals surface area contributed by atoms with E-state index in [1.165, 1.54) is 23.5 Å². The summed E-state index contributed by atoms with van der Waals surface area (Å²) in [6, 6.07) is 6.21. The van der Waals surface area contributed by atoms with Crippen molar-refractivity contribution in [1.82, 2.24) is 20.8 Å². The molecule has 0 spiro atoms. The Hall–Kier alpha value is -2.58. The van der Waals surface area contributed by atoms with Crippen LogP contribution in [0.15, 0.2) is 34.2 Å². The second-order valence-electron chi connectivity index (χ2n) is 7.47. The number of hydrogen-bond acceptors (Lipinski definition) is 6. The highest BCUT2D eigenvalue weighted by Crippen LogP contribution is 2.41. The lowest BCUT2D eigenvalue weighted by Gasteiger charge is -2.20. The molecule has 0 unspecified atom stereocenters. The lowest BCUT2D eigenvalue weighted by atomic mass is 9.91. The molecule has 0 aliphatic carbocycles. The van der Waals surface area contributed by atoms with E-state index in [0.717, 1.165) is 42.8 Å². The third kappa shape index (κ3) is 4.23. The fourth-order valence-corrected chi connectivity index (χ4v) is 4.36. The number of carbonyl (C=O) groups is 1. The van der Waals surface area contributed by atoms with E-state index >= 15 is 0 Å². The Morgan fingerprint density at radius 3 is 2.69 bits per heavy atom. The fraction of sp³-hybridized carbons (Fsp3) is 0.381. The summed E-state index contributed by atoms with van der Waals surface area (Å²) in [7, 11) is 0. The molecule has 152 valence electrons. The maximum absolute atomic E-state index is 13.4. The zero-order valence-electron chi connectivity index (χ0n) is 16.4. The predicted molar refractivity (Wildman–Crippen MR) is 110 cm³/mol. The Morgan fingerprint density at radius 2 is 2.00 bits per heavy atom. The summed E-state index contributed by atoms with van der Waals surface area (Å²) in [5.41, 5.74) is 2.57. The maximum atomic E-state index is 13.4. The van der Waals surface area contributed by atoms with Crippen molar-refractivity contribution < 1.29 is 13.7 Å². The molecule has 1 saturated heterocycles. The van der Waals surface area contributed by atoms with Crippen molar-refractivity contribution in [3.63, 3.8) is 0 Å². The number of carbonyl (C=O) groups excluding carboxylic acids is 1. The standard InChI is InChI=1S/C21H23FN4O2S/c1-12(2)24-20(27)16-11-29-21(25-16)17-18(13-3-5-15(22)6-4-13)26-28-19(17)14-7-9-23-10-8-14/h3-6,11-12,14,23H,7-10H2,1-2H3,(H,24,27). The van der Waals surface area contributed by atoms with Crippen molar-refractivity contribution in [1.29, 1.82) is 0 Å². The Kier molecular flexibility index (Phi) is 5.73. The summed E-state index contributed by atoms with van der Waals surface area (Å²) in [5.74, 6) is 0.505. The zero-order chi connectivity index (χ0) is 20.4. The van der Waals surface area contributed by atoms with Crippen molar-refractivity contribution in [3.05, 3.63) is 46.9 Å². The van der Waals surface area contributed by atoms with Gasteiger partial charge in [0, 0.05) is 22.9 Å². The van der Waals surface area contributed by atoms with Crippen LogP contribution in [0.3, 0.4) is 0 Å². The van der Waals surface area contributed by atoms with E-state index in [9.17, 15) is 9.18 Å². The maximum Gasteiger partial charge on any atom is 0.270 e. The summed E-state index contributed by atoms with van der Waals surface area (Å²) >= 11 is 1.39. The molecule has 0 atom stereocenters. The van der Waals surface area contributed by atoms with Gasteiger partial charge in [-0.1, -0.05) is 5.16 Å². The van der Waals surface area contributed by atoms with Crippen LogP contribution >= 0.6 is 11.3 Å². The van der Waals surface area contributed by atoms with E-state index in [-0.39, 0.29) is 23.7 Å². The molecule has 1 aliphatic rings. The largest absolute Gasteiger partial charge is 0.360 e. The lowest BCUT2D eigenvalue weighted by Crippen LogP contribution is -2.30. The van der Waals surface area contributed by atoms with Crippen LogP contribution in [0.5, 0.6) is 0 Å². The van der Waals surface area contributed by atoms with Gasteiger partial charge in [0.25, 0.3) is 5.91 Å². The van der Waals surface area contributed by atoms with E-state index in [1.54, 1.807) is 17.5 Å². The van der Waals surface area contributed by atoms with Gasteiger partial charge in [0.1, 0.15) is 22.2 Å². The molecule has 3 aromatic rings. The van der Waals surface area contributed by atoms with Crippen LogP contribution in [0, 0.1) is 5.82 Å². The molecule has 0 radical (unpaired) electrons. The molecule has 0 bridgehead atoms. The molecular weight excluding hydrogens is 391 g/mol. The molecule has 1 aliphatic heterocycles. The average Bonchev–Trinajstić information content (AvgIpc) is 3.36. The van der Waals surface area contributed by atoms with Gasteiger partial charge in [-0.2, -0.15) is 0 Å². The van der Waals surface area contributed by atoms with Crippen molar-refractivity contribution >= 4 is 17.2 Å². The average molecular weight is 415 g/mol. The summed E-state index contributed by atoms with van der Waals surface area (Å²) in [6.45, 7) is 5.65. The number of rotatable bonds is 5. The van der Waals surface area contributed by atoms with Gasteiger partial charge < -0.3 is 15.2 Å². The predicted octanol–water partition coefficient (Wildman–Crippen LogP) is 4.21. The number of amides is 1. The molecule has 0 saturated carbocycles. The number of aromatic nitrogens is 2. The van der Waals surface area contributed by atoms with Gasteiger partial charge in [-0.15, -0.1) is 11.3 Å². The second-order valence-corrected chi connectivity index (χ2v) is 8.33. The Morgan fingerprint density at radius 1 is 1.28 bits per heavy atom. The van der Waals surface area contributed by atoms with E-state index < -0.39 is 0 Å². The van der Waals surface area contributed by atoms with E-state index in [1.807, 2.05) is 13.8 Å². The van der Waals surface area contributed by atoms with Crippen molar-refractivity contribution in [2.24, 2.45) is 0 Å². The molecule has 1 aromatic carbocycles. The number of nitrogens with zero attached hydrogens (tertiary/aromatic N) is 2. The van der Waals surface area contributed by atoms with E-state index in [2.05, 4.69) is 20.8 Å². The highest BCUT2D eigenvalue weighted by molar-refractivity contribution is 7.13. The van der Waals surface area contributed by atoms with E-state index in [4.69, 9.17) is 4.52 Å². The SMILES string of the molecule is CC(C)NC(=O)c1csc(-c2c(-c3ccc(F)cc3)noc2C2CCNCC2)n1. The first-order valence-electron chi connectivity index (χ1n) is 9.76. The van der Waals surface area contributed by atoms with Crippen LogP contribution in [-0.4, -0.2) is 35.2 Å². The molecule has 1 fully saturated rings. The molecule has 29 heavy (non-hydrogen) atoms. The summed E-state index contributed by atoms with van der Waals surface area (Å²) in [6.07, 6.45) is 1.88. The smallest absolute Gasteiger partial charge is 0.270 e. The molecule has 2 N–H and O–H groups in total. The minimum absolute atomic E-state index is 0.0308. The number of hydrogen-bond donors (Lipinski definition) is 2. The highest BCUT2D eigenvalue weighted by atomic mass is 32.1. The van der Waals surface area contributed by atoms with Crippen molar-refractivity contribution in [2.75, 3.05) is 13.1 Å². The normalized spacial score (nSPS) is 15.0. The topological polar surface area (TPSA) is 80.0 Å². The first kappa shape index (κ1) is 19.7. The van der Waals surface area contributed by atoms with Gasteiger partial charge in [0.05, 0.1) is 5.56 Å². The van der Waals surface area contributed by atoms with Crippen LogP contribution in [0.4, 0.5) is 4.39 Å². The lowest BCUT2D eigenvalue weighted by molar-refractivity contribution is 0.0939. The molecule has 4 rings (SSSR count). The van der Waals surface area contributed by atoms with Crippen LogP contribution in [0.2, 0.25) is 0 Å². The number of nitrogens with one attached hydrogen (secondary N) is 2. The van der Waals surface area contributed by atoms with Gasteiger partial charge >= 0.3 is 0 Å². The molecular formula is C21H23FN4O2S. The fourth-order valence-electron chi connectivity index (χ4n) is 3.51. The highest BCUT2D eigenvalue weighted by Gasteiger charge is 2.29. The third-order valence-corrected chi connectivity index (χ3v) is 5.78. The number of piperidine rings is 1. The molecule has 1 amide bonds. The minimum Gasteiger partial charge on any atom is -0.360 e. The van der Waals surface area contributed by atoms with Crippen molar-refractivity contribution in [3.8, 4) is 21.8 Å². The van der Waals surface area contributed by atoms with Crippen LogP contribution in [0.25, 0.3) is 21.8 Å². The molecule has 8 heteroatoms. The Bertz CT molecular complexity index is 991. The number of thiazole rings is 1. The van der Waals surface area contributed by atoms with Gasteiger partial charge in [-0.3, -0.25) is 4.79 Å².